The first-order valence-corrected chi connectivity index (χ1v) is 7.53. The highest BCUT2D eigenvalue weighted by molar-refractivity contribution is 7.88. The lowest BCUT2D eigenvalue weighted by molar-refractivity contribution is 0.121. The molecule has 0 bridgehead atoms. The third-order valence-electron chi connectivity index (χ3n) is 2.65. The summed E-state index contributed by atoms with van der Waals surface area (Å²) in [6, 6.07) is -0.0289. The quantitative estimate of drug-likeness (QED) is 0.682. The Balaban J connectivity index is 2.42. The van der Waals surface area contributed by atoms with Crippen molar-refractivity contribution in [2.45, 2.75) is 57.7 Å². The molecule has 1 aliphatic carbocycles. The lowest BCUT2D eigenvalue weighted by atomic mass is 9.93. The van der Waals surface area contributed by atoms with Crippen LogP contribution in [0.25, 0.3) is 0 Å². The summed E-state index contributed by atoms with van der Waals surface area (Å²) in [5, 5.41) is 0. The molecular weight excluding hydrogens is 258 g/mol. The number of hydrogen-bond acceptors (Lipinski definition) is 5. The van der Waals surface area contributed by atoms with Crippen molar-refractivity contribution in [2.24, 2.45) is 5.73 Å². The van der Waals surface area contributed by atoms with Crippen LogP contribution in [0.5, 0.6) is 0 Å². The zero-order valence-electron chi connectivity index (χ0n) is 10.7. The minimum absolute atomic E-state index is 0.143. The van der Waals surface area contributed by atoms with E-state index in [-0.39, 0.29) is 18.2 Å². The van der Waals surface area contributed by atoms with Gasteiger partial charge in [-0.25, -0.2) is 9.52 Å². The first-order chi connectivity index (χ1) is 8.28. The summed E-state index contributed by atoms with van der Waals surface area (Å²) in [5.74, 6) is 0. The average Bonchev–Trinajstić information content (AvgIpc) is 2.18. The number of hydrogen-bond donors (Lipinski definition) is 3. The van der Waals surface area contributed by atoms with Gasteiger partial charge in [0.25, 0.3) is 0 Å². The van der Waals surface area contributed by atoms with E-state index >= 15 is 0 Å². The van der Waals surface area contributed by atoms with E-state index in [1.807, 2.05) is 4.72 Å². The molecule has 18 heavy (non-hydrogen) atoms. The summed E-state index contributed by atoms with van der Waals surface area (Å²) in [6.07, 6.45) is 1.59. The van der Waals surface area contributed by atoms with Crippen LogP contribution < -0.4 is 15.2 Å². The van der Waals surface area contributed by atoms with Crippen molar-refractivity contribution in [3.63, 3.8) is 0 Å². The average molecular weight is 279 g/mol. The smallest absolute Gasteiger partial charge is 0.422 e. The Hall–Kier alpha value is -0.860. The molecule has 0 heterocycles. The zero-order chi connectivity index (χ0) is 13.8. The molecule has 7 nitrogen and oxygen atoms in total. The highest BCUT2D eigenvalue weighted by atomic mass is 32.2. The number of amides is 1. The second kappa shape index (κ2) is 6.35. The van der Waals surface area contributed by atoms with Gasteiger partial charge in [-0.15, -0.1) is 0 Å². The Kier molecular flexibility index (Phi) is 5.36. The maximum Gasteiger partial charge on any atom is 0.422 e. The van der Waals surface area contributed by atoms with E-state index in [4.69, 9.17) is 10.5 Å². The lowest BCUT2D eigenvalue weighted by Gasteiger charge is -2.26. The van der Waals surface area contributed by atoms with Crippen LogP contribution in [-0.2, 0) is 14.9 Å². The minimum Gasteiger partial charge on any atom is -0.446 e. The Labute approximate surface area is 108 Å². The highest BCUT2D eigenvalue weighted by Crippen LogP contribution is 2.17. The largest absolute Gasteiger partial charge is 0.446 e. The molecule has 1 aliphatic rings. The van der Waals surface area contributed by atoms with Gasteiger partial charge in [-0.3, -0.25) is 0 Å². The standard InChI is InChI=1S/C10H21N3O4S/c1-7(2)17-10(14)13-18(15,16)12-9-5-3-8(11)4-6-9/h7-9,12H,3-6,11H2,1-2H3,(H,13,14). The molecule has 0 aromatic carbocycles. The molecule has 4 N–H and O–H groups in total. The Morgan fingerprint density at radius 1 is 1.28 bits per heavy atom. The maximum absolute atomic E-state index is 11.6. The molecule has 0 unspecified atom stereocenters. The summed E-state index contributed by atoms with van der Waals surface area (Å²) in [5.41, 5.74) is 5.73. The molecule has 0 spiro atoms. The predicted octanol–water partition coefficient (Wildman–Crippen LogP) is 0.225. The second-order valence-electron chi connectivity index (χ2n) is 4.79. The monoisotopic (exact) mass is 279 g/mol. The molecule has 1 rings (SSSR count). The van der Waals surface area contributed by atoms with Crippen molar-refractivity contribution >= 4 is 16.3 Å². The minimum atomic E-state index is -3.86. The van der Waals surface area contributed by atoms with Crippen LogP contribution in [0.2, 0.25) is 0 Å². The predicted molar refractivity (Wildman–Crippen MR) is 67.0 cm³/mol. The van der Waals surface area contributed by atoms with Gasteiger partial charge in [0.2, 0.25) is 0 Å². The number of ether oxygens (including phenoxy) is 1. The van der Waals surface area contributed by atoms with Crippen LogP contribution in [0.15, 0.2) is 0 Å². The number of carbonyl (C=O) groups excluding carboxylic acids is 1. The van der Waals surface area contributed by atoms with Gasteiger partial charge in [-0.2, -0.15) is 13.1 Å². The van der Waals surface area contributed by atoms with Crippen molar-refractivity contribution in [1.82, 2.24) is 9.44 Å². The van der Waals surface area contributed by atoms with Crippen LogP contribution >= 0.6 is 0 Å². The molecule has 1 fully saturated rings. The molecule has 0 aromatic rings. The summed E-state index contributed by atoms with van der Waals surface area (Å²) in [6.45, 7) is 3.28. The number of nitrogens with two attached hydrogens (primary N) is 1. The van der Waals surface area contributed by atoms with E-state index in [9.17, 15) is 13.2 Å². The van der Waals surface area contributed by atoms with E-state index < -0.39 is 16.3 Å². The molecule has 8 heteroatoms. The molecule has 1 amide bonds. The van der Waals surface area contributed by atoms with E-state index in [0.29, 0.717) is 12.8 Å². The van der Waals surface area contributed by atoms with E-state index in [1.165, 1.54) is 0 Å². The van der Waals surface area contributed by atoms with Crippen LogP contribution in [0.3, 0.4) is 0 Å². The van der Waals surface area contributed by atoms with Gasteiger partial charge >= 0.3 is 16.3 Å². The van der Waals surface area contributed by atoms with Crippen LogP contribution in [-0.4, -0.2) is 32.7 Å². The molecule has 0 aromatic heterocycles. The van der Waals surface area contributed by atoms with E-state index in [1.54, 1.807) is 13.8 Å². The highest BCUT2D eigenvalue weighted by Gasteiger charge is 2.24. The van der Waals surface area contributed by atoms with E-state index in [2.05, 4.69) is 4.72 Å². The third-order valence-corrected chi connectivity index (χ3v) is 3.73. The van der Waals surface area contributed by atoms with Gasteiger partial charge < -0.3 is 10.5 Å². The summed E-state index contributed by atoms with van der Waals surface area (Å²) in [4.78, 5) is 11.2. The van der Waals surface area contributed by atoms with Gasteiger partial charge in [0, 0.05) is 12.1 Å². The van der Waals surface area contributed by atoms with Gasteiger partial charge in [-0.05, 0) is 39.5 Å². The fourth-order valence-corrected chi connectivity index (χ4v) is 2.83. The summed E-state index contributed by atoms with van der Waals surface area (Å²) in [7, 11) is -3.86. The molecule has 0 aliphatic heterocycles. The van der Waals surface area contributed by atoms with Gasteiger partial charge in [0.15, 0.2) is 0 Å². The second-order valence-corrected chi connectivity index (χ2v) is 6.24. The van der Waals surface area contributed by atoms with Crippen LogP contribution in [0.4, 0.5) is 4.79 Å². The normalized spacial score (nSPS) is 24.9. The van der Waals surface area contributed by atoms with Crippen LogP contribution in [0, 0.1) is 0 Å². The summed E-state index contributed by atoms with van der Waals surface area (Å²) >= 11 is 0. The SMILES string of the molecule is CC(C)OC(=O)NS(=O)(=O)NC1CCC(N)CC1. The number of carbonyl (C=O) groups is 1. The number of nitrogens with one attached hydrogen (secondary N) is 2. The van der Waals surface area contributed by atoms with E-state index in [0.717, 1.165) is 12.8 Å². The molecule has 1 saturated carbocycles. The van der Waals surface area contributed by atoms with Gasteiger partial charge in [0.05, 0.1) is 6.10 Å². The topological polar surface area (TPSA) is 111 Å². The molecule has 0 atom stereocenters. The molecule has 106 valence electrons. The Morgan fingerprint density at radius 2 is 1.83 bits per heavy atom. The van der Waals surface area contributed by atoms with Crippen LogP contribution in [0.1, 0.15) is 39.5 Å². The maximum atomic E-state index is 11.6. The van der Waals surface area contributed by atoms with Crippen molar-refractivity contribution in [3.05, 3.63) is 0 Å². The Bertz CT molecular complexity index is 375. The van der Waals surface area contributed by atoms with Gasteiger partial charge in [0.1, 0.15) is 0 Å². The lowest BCUT2D eigenvalue weighted by Crippen LogP contribution is -2.47. The fourth-order valence-electron chi connectivity index (χ4n) is 1.83. The fraction of sp³-hybridized carbons (Fsp3) is 0.900. The van der Waals surface area contributed by atoms with Crippen molar-refractivity contribution < 1.29 is 17.9 Å². The molecule has 0 saturated heterocycles. The molecular formula is C10H21N3O4S. The number of rotatable bonds is 4. The van der Waals surface area contributed by atoms with Crippen molar-refractivity contribution in [2.75, 3.05) is 0 Å². The first-order valence-electron chi connectivity index (χ1n) is 6.05. The first kappa shape index (κ1) is 15.2. The Morgan fingerprint density at radius 3 is 2.33 bits per heavy atom. The molecule has 0 radical (unpaired) electrons. The zero-order valence-corrected chi connectivity index (χ0v) is 11.5. The van der Waals surface area contributed by atoms with Crippen molar-refractivity contribution in [1.29, 1.82) is 0 Å². The third kappa shape index (κ3) is 5.65. The summed E-state index contributed by atoms with van der Waals surface area (Å²) < 4.78 is 32.2. The van der Waals surface area contributed by atoms with Gasteiger partial charge in [-0.1, -0.05) is 0 Å². The van der Waals surface area contributed by atoms with Crippen molar-refractivity contribution in [3.8, 4) is 0 Å².